The number of hydrogen-bond donors (Lipinski definition) is 8. The number of carbonyl (C=O) groups excluding carboxylic acids is 6. The van der Waals surface area contributed by atoms with E-state index in [4.69, 9.17) is 19.7 Å². The van der Waals surface area contributed by atoms with Crippen molar-refractivity contribution < 1.29 is 67.1 Å². The van der Waals surface area contributed by atoms with Crippen LogP contribution in [0.15, 0.2) is 116 Å². The van der Waals surface area contributed by atoms with E-state index >= 15 is 0 Å². The summed E-state index contributed by atoms with van der Waals surface area (Å²) < 4.78 is 21.5. The normalized spacial score (nSPS) is 12.3. The molecule has 0 atom stereocenters. The number of ether oxygens (including phenoxy) is 2. The number of aromatic carboxylic acids is 2. The number of carbonyl (C=O) groups is 8. The van der Waals surface area contributed by atoms with E-state index in [1.807, 2.05) is 0 Å². The molecule has 10 rings (SSSR count). The average Bonchev–Trinajstić information content (AvgIpc) is 4.02. The monoisotopic (exact) mass is 1040 g/mol. The highest BCUT2D eigenvalue weighted by Gasteiger charge is 2.24. The van der Waals surface area contributed by atoms with Gasteiger partial charge in [-0.05, 0) is 93.2 Å². The molecule has 76 heavy (non-hydrogen) atoms. The molecule has 6 amide bonds. The van der Waals surface area contributed by atoms with Gasteiger partial charge in [-0.15, -0.1) is 0 Å². The Morgan fingerprint density at radius 1 is 0.487 bits per heavy atom. The van der Waals surface area contributed by atoms with Gasteiger partial charge in [0, 0.05) is 26.2 Å². The first kappa shape index (κ1) is 49.9. The van der Waals surface area contributed by atoms with E-state index < -0.39 is 47.1 Å². The first-order chi connectivity index (χ1) is 36.6. The molecule has 2 aliphatic heterocycles. The molecule has 8 N–H and O–H groups in total. The number of rotatable bonds is 14. The number of carboxylic acid groups (broad SMARTS) is 2. The van der Waals surface area contributed by atoms with E-state index in [1.54, 1.807) is 48.5 Å². The van der Waals surface area contributed by atoms with Gasteiger partial charge in [-0.2, -0.15) is 0 Å². The van der Waals surface area contributed by atoms with Crippen molar-refractivity contribution >= 4 is 70.3 Å². The van der Waals surface area contributed by atoms with Crippen LogP contribution in [0, 0.1) is 0 Å². The Morgan fingerprint density at radius 3 is 1.22 bits per heavy atom. The van der Waals surface area contributed by atoms with Crippen LogP contribution in [0.2, 0.25) is 0 Å². The lowest BCUT2D eigenvalue weighted by atomic mass is 10.1. The van der Waals surface area contributed by atoms with Crippen LogP contribution in [0.25, 0.3) is 11.6 Å². The second-order valence-corrected chi connectivity index (χ2v) is 16.3. The zero-order valence-corrected chi connectivity index (χ0v) is 38.8. The molecule has 6 heterocycles. The van der Waals surface area contributed by atoms with Gasteiger partial charge in [-0.1, -0.05) is 36.4 Å². The Labute approximate surface area is 422 Å². The first-order valence-electron chi connectivity index (χ1n) is 22.2. The summed E-state index contributed by atoms with van der Waals surface area (Å²) in [6, 6.07) is 24.1. The van der Waals surface area contributed by atoms with Gasteiger partial charge in [0.15, 0.2) is 13.2 Å². The summed E-state index contributed by atoms with van der Waals surface area (Å²) in [6.07, 6.45) is 0. The fourth-order valence-electron chi connectivity index (χ4n) is 7.38. The first-order valence-corrected chi connectivity index (χ1v) is 22.2. The third-order valence-corrected chi connectivity index (χ3v) is 11.1. The van der Waals surface area contributed by atoms with Gasteiger partial charge < -0.3 is 51.6 Å². The summed E-state index contributed by atoms with van der Waals surface area (Å²) in [4.78, 5) is 129. The average molecular weight is 1040 g/mol. The maximum atomic E-state index is 13.0. The van der Waals surface area contributed by atoms with E-state index in [9.17, 15) is 47.9 Å². The van der Waals surface area contributed by atoms with Gasteiger partial charge in [0.05, 0.1) is 22.5 Å². The number of anilines is 2. The second-order valence-electron chi connectivity index (χ2n) is 16.3. The van der Waals surface area contributed by atoms with Crippen molar-refractivity contribution in [3.05, 3.63) is 174 Å². The van der Waals surface area contributed by atoms with E-state index in [-0.39, 0.29) is 96.7 Å². The molecule has 28 nitrogen and oxygen atoms in total. The quantitative estimate of drug-likeness (QED) is 0.0757. The highest BCUT2D eigenvalue weighted by molar-refractivity contribution is 6.00. The van der Waals surface area contributed by atoms with Crippen LogP contribution in [-0.4, -0.2) is 99.9 Å². The van der Waals surface area contributed by atoms with Crippen LogP contribution in [0.3, 0.4) is 0 Å². The number of benzene rings is 4. The van der Waals surface area contributed by atoms with E-state index in [0.717, 1.165) is 20.9 Å². The molecule has 4 aromatic carbocycles. The predicted octanol–water partition coefficient (Wildman–Crippen LogP) is 1.14. The molecule has 0 saturated heterocycles. The van der Waals surface area contributed by atoms with Gasteiger partial charge in [0.2, 0.25) is 0 Å². The van der Waals surface area contributed by atoms with Gasteiger partial charge in [0.1, 0.15) is 34.3 Å². The van der Waals surface area contributed by atoms with Gasteiger partial charge in [-0.25, -0.2) is 37.9 Å². The Balaban J connectivity index is 0.000000186. The highest BCUT2D eigenvalue weighted by Crippen LogP contribution is 2.29. The Kier molecular flexibility index (Phi) is 14.0. The minimum atomic E-state index is -1.08. The van der Waals surface area contributed by atoms with Crippen LogP contribution in [0.4, 0.5) is 11.4 Å². The van der Waals surface area contributed by atoms with Crippen molar-refractivity contribution in [1.82, 2.24) is 50.3 Å². The Bertz CT molecular complexity index is 3810. The summed E-state index contributed by atoms with van der Waals surface area (Å²) in [5, 5.41) is 40.9. The Morgan fingerprint density at radius 2 is 0.842 bits per heavy atom. The van der Waals surface area contributed by atoms with E-state index in [1.165, 1.54) is 36.4 Å². The number of nitrogens with one attached hydrogen (secondary N) is 6. The van der Waals surface area contributed by atoms with E-state index in [0.29, 0.717) is 45.1 Å². The molecule has 28 heteroatoms. The molecule has 8 aromatic rings. The number of nitrogens with zero attached hydrogens (tertiary/aromatic N) is 6. The fraction of sp³-hybridized carbons (Fsp3) is 0.125. The highest BCUT2D eigenvalue weighted by atomic mass is 16.5. The van der Waals surface area contributed by atoms with Crippen molar-refractivity contribution in [3.8, 4) is 11.5 Å². The molecule has 0 unspecified atom stereocenters. The van der Waals surface area contributed by atoms with Crippen LogP contribution in [0.1, 0.15) is 84.9 Å². The molecule has 2 aliphatic rings. The van der Waals surface area contributed by atoms with Crippen molar-refractivity contribution in [3.63, 3.8) is 0 Å². The molecule has 0 bridgehead atoms. The molecule has 384 valence electrons. The summed E-state index contributed by atoms with van der Waals surface area (Å²) in [5.41, 5.74) is 2.83. The summed E-state index contributed by atoms with van der Waals surface area (Å²) >= 11 is 0. The van der Waals surface area contributed by atoms with Crippen molar-refractivity contribution in [2.24, 2.45) is 0 Å². The van der Waals surface area contributed by atoms with Crippen LogP contribution in [-0.2, 0) is 35.8 Å². The smallest absolute Gasteiger partial charge is 0.448 e. The molecular formula is C48H36N12O16. The number of carboxylic acids is 2. The number of amides is 6. The van der Waals surface area contributed by atoms with Crippen molar-refractivity contribution in [2.75, 3.05) is 23.8 Å². The molecular weight excluding hydrogens is 1000 g/mol. The van der Waals surface area contributed by atoms with Crippen LogP contribution >= 0.6 is 0 Å². The van der Waals surface area contributed by atoms with Crippen molar-refractivity contribution in [2.45, 2.75) is 26.2 Å². The lowest BCUT2D eigenvalue weighted by Crippen LogP contribution is -2.30. The van der Waals surface area contributed by atoms with Gasteiger partial charge in [-0.3, -0.25) is 37.8 Å². The number of hydrogen-bond acceptors (Lipinski definition) is 18. The minimum absolute atomic E-state index is 0.0166. The minimum Gasteiger partial charge on any atom is -0.482 e. The predicted molar refractivity (Wildman–Crippen MR) is 256 cm³/mol. The molecule has 4 aromatic heterocycles. The third-order valence-electron chi connectivity index (χ3n) is 11.1. The molecule has 0 saturated carbocycles. The largest absolute Gasteiger partial charge is 0.482 e. The lowest BCUT2D eigenvalue weighted by molar-refractivity contribution is -0.119. The maximum absolute atomic E-state index is 13.0. The zero-order valence-electron chi connectivity index (χ0n) is 38.8. The van der Waals surface area contributed by atoms with Crippen LogP contribution < -0.4 is 52.9 Å². The summed E-state index contributed by atoms with van der Waals surface area (Å²) in [5.74, 6) is -6.96. The molecule has 0 radical (unpaired) electrons. The summed E-state index contributed by atoms with van der Waals surface area (Å²) in [7, 11) is 0. The SMILES string of the molecule is O=C1COc2ccc(CNC(=O)c3cc(C(=O)NCc4ccc(C(=O)O)cc4)n4c(=O)onc4n3)cc2N1.O=C1COc2ccc(CNC(=O)c3cc(C(=O)NCc4ccc(C(=O)O)cc4)nc4noc(=O)n34)cc2N1. The number of aromatic nitrogens is 6. The summed E-state index contributed by atoms with van der Waals surface area (Å²) in [6.45, 7) is 0.00481. The fourth-order valence-corrected chi connectivity index (χ4v) is 7.38. The third kappa shape index (κ3) is 11.2. The molecule has 0 spiro atoms. The van der Waals surface area contributed by atoms with Crippen LogP contribution in [0.5, 0.6) is 11.5 Å². The topological polar surface area (TPSA) is 388 Å². The Hall–Kier alpha value is -11.1. The number of fused-ring (bicyclic) bond motifs is 4. The van der Waals surface area contributed by atoms with Gasteiger partial charge in [0.25, 0.3) is 47.0 Å². The maximum Gasteiger partial charge on any atom is 0.448 e. The lowest BCUT2D eigenvalue weighted by Gasteiger charge is -2.18. The van der Waals surface area contributed by atoms with E-state index in [2.05, 4.69) is 61.2 Å². The molecule has 0 aliphatic carbocycles. The zero-order chi connectivity index (χ0) is 53.6. The molecule has 0 fully saturated rings. The van der Waals surface area contributed by atoms with Gasteiger partial charge >= 0.3 is 23.5 Å². The standard InChI is InChI=1S/2C24H18N6O8/c31-19-11-37-18-6-3-13(7-15(18)27-19)10-25-20(32)16-8-17(30-23(28-16)29-38-24(30)36)21(33)26-9-12-1-4-14(5-2-12)22(34)35;31-19-11-37-18-6-3-13(7-15(18)27-19)10-26-21(33)17-8-16(28-23-29-38-24(36)30(17)23)20(32)25-9-12-1-4-14(5-2-12)22(34)35/h2*1-8H,9-11H2,(H,25,32)(H,26,33)(H,27,31)(H,34,35). The van der Waals surface area contributed by atoms with Crippen molar-refractivity contribution in [1.29, 1.82) is 0 Å². The second kappa shape index (κ2) is 21.3.